The van der Waals surface area contributed by atoms with E-state index in [1.807, 2.05) is 0 Å². The van der Waals surface area contributed by atoms with Gasteiger partial charge in [-0.2, -0.15) is 4.98 Å². The summed E-state index contributed by atoms with van der Waals surface area (Å²) in [7, 11) is 2.93. The Balaban J connectivity index is 0.000000606. The molecule has 88 valence electrons. The number of hydrazine groups is 1. The monoisotopic (exact) mass is 246 g/mol. The van der Waals surface area contributed by atoms with Crippen molar-refractivity contribution in [2.75, 3.05) is 0 Å². The van der Waals surface area contributed by atoms with Crippen LogP contribution in [0.5, 0.6) is 0 Å². The number of fused-ring (bicyclic) bond motifs is 1. The van der Waals surface area contributed by atoms with Gasteiger partial charge in [-0.1, -0.05) is 0 Å². The van der Waals surface area contributed by atoms with Crippen molar-refractivity contribution in [2.24, 2.45) is 25.8 Å². The Kier molecular flexibility index (Phi) is 3.48. The molecule has 9 heteroatoms. The van der Waals surface area contributed by atoms with Crippen LogP contribution in [0.4, 0.5) is 0 Å². The molecule has 0 saturated carbocycles. The lowest BCUT2D eigenvalue weighted by Gasteiger charge is -2.00. The summed E-state index contributed by atoms with van der Waals surface area (Å²) in [4.78, 5) is 29.4. The van der Waals surface area contributed by atoms with Crippen molar-refractivity contribution in [3.8, 4) is 0 Å². The molecule has 0 spiro atoms. The summed E-state index contributed by atoms with van der Waals surface area (Å²) in [6.45, 7) is 0. The lowest BCUT2D eigenvalue weighted by atomic mass is 10.5. The molecular weight excluding hydrogens is 236 g/mol. The second kappa shape index (κ2) is 4.47. The molecule has 2 rings (SSSR count). The number of imidazole rings is 1. The number of H-pyrrole nitrogens is 1. The minimum atomic E-state index is -0.428. The highest BCUT2D eigenvalue weighted by atomic mass is 35.5. The minimum absolute atomic E-state index is 0.0956. The zero-order valence-electron chi connectivity index (χ0n) is 8.69. The molecule has 0 saturated heterocycles. The highest BCUT2D eigenvalue weighted by Gasteiger charge is 2.11. The molecule has 5 N–H and O–H groups in total. The number of rotatable bonds is 0. The van der Waals surface area contributed by atoms with Gasteiger partial charge in [-0.25, -0.2) is 4.79 Å². The average molecular weight is 247 g/mol. The highest BCUT2D eigenvalue weighted by Crippen LogP contribution is 2.07. The number of nitrogens with one attached hydrogen (secondary N) is 1. The van der Waals surface area contributed by atoms with Gasteiger partial charge in [0.05, 0.1) is 0 Å². The number of aryl methyl sites for hydroxylation is 1. The molecule has 0 aromatic carbocycles. The van der Waals surface area contributed by atoms with Gasteiger partial charge in [-0.3, -0.25) is 25.6 Å². The van der Waals surface area contributed by atoms with Gasteiger partial charge >= 0.3 is 5.69 Å². The maximum absolute atomic E-state index is 11.5. The van der Waals surface area contributed by atoms with Crippen LogP contribution in [0.1, 0.15) is 0 Å². The summed E-state index contributed by atoms with van der Waals surface area (Å²) in [6, 6.07) is 0. The lowest BCUT2D eigenvalue weighted by Crippen LogP contribution is -2.36. The summed E-state index contributed by atoms with van der Waals surface area (Å²) in [5, 5.41) is 0.0956. The first-order valence-corrected chi connectivity index (χ1v) is 4.54. The number of aromatic amines is 1. The smallest absolute Gasteiger partial charge is 0.323 e. The highest BCUT2D eigenvalue weighted by molar-refractivity contribution is 6.28. The summed E-state index contributed by atoms with van der Waals surface area (Å²) in [5.41, 5.74) is -0.351. The molecule has 0 aliphatic rings. The van der Waals surface area contributed by atoms with Crippen LogP contribution < -0.4 is 22.9 Å². The normalized spacial score (nSPS) is 10.1. The van der Waals surface area contributed by atoms with Crippen LogP contribution in [0.15, 0.2) is 9.59 Å². The Morgan fingerprint density at radius 2 is 1.81 bits per heavy atom. The molecule has 0 aliphatic carbocycles. The van der Waals surface area contributed by atoms with E-state index < -0.39 is 11.2 Å². The molecule has 0 unspecified atom stereocenters. The van der Waals surface area contributed by atoms with E-state index in [-0.39, 0.29) is 16.4 Å². The van der Waals surface area contributed by atoms with Crippen LogP contribution in [0.2, 0.25) is 5.28 Å². The quantitative estimate of drug-likeness (QED) is 0.294. The van der Waals surface area contributed by atoms with E-state index in [9.17, 15) is 9.59 Å². The molecule has 0 amide bonds. The van der Waals surface area contributed by atoms with E-state index in [1.54, 1.807) is 0 Å². The van der Waals surface area contributed by atoms with Crippen LogP contribution in [0.3, 0.4) is 0 Å². The largest absolute Gasteiger partial charge is 0.332 e. The molecule has 0 aliphatic heterocycles. The Morgan fingerprint density at radius 3 is 2.38 bits per heavy atom. The van der Waals surface area contributed by atoms with E-state index in [0.29, 0.717) is 0 Å². The fourth-order valence-corrected chi connectivity index (χ4v) is 1.47. The number of nitrogens with zero attached hydrogens (tertiary/aromatic N) is 3. The number of hydrogen-bond acceptors (Lipinski definition) is 5. The van der Waals surface area contributed by atoms with Crippen LogP contribution in [-0.4, -0.2) is 19.1 Å². The van der Waals surface area contributed by atoms with Crippen LogP contribution in [0, 0.1) is 0 Å². The molecular formula is C7H11ClN6O2. The SMILES string of the molecule is Cn1c(=O)c2[nH]c(Cl)nc2n(C)c1=O.NN. The zero-order valence-corrected chi connectivity index (χ0v) is 9.45. The first-order valence-electron chi connectivity index (χ1n) is 4.17. The van der Waals surface area contributed by atoms with E-state index in [2.05, 4.69) is 21.7 Å². The van der Waals surface area contributed by atoms with Crippen molar-refractivity contribution >= 4 is 22.8 Å². The molecule has 2 heterocycles. The first kappa shape index (κ1) is 12.4. The van der Waals surface area contributed by atoms with E-state index in [1.165, 1.54) is 18.7 Å². The number of hydrogen-bond donors (Lipinski definition) is 3. The Labute approximate surface area is 94.4 Å². The molecule has 8 nitrogen and oxygen atoms in total. The van der Waals surface area contributed by atoms with Crippen molar-refractivity contribution in [3.63, 3.8) is 0 Å². The molecule has 0 radical (unpaired) electrons. The van der Waals surface area contributed by atoms with Gasteiger partial charge in [-0.15, -0.1) is 0 Å². The number of halogens is 1. The van der Waals surface area contributed by atoms with Gasteiger partial charge in [0.25, 0.3) is 5.56 Å². The molecule has 2 aromatic heterocycles. The van der Waals surface area contributed by atoms with Crippen LogP contribution >= 0.6 is 11.6 Å². The molecule has 16 heavy (non-hydrogen) atoms. The number of aromatic nitrogens is 4. The fraction of sp³-hybridized carbons (Fsp3) is 0.286. The van der Waals surface area contributed by atoms with Crippen molar-refractivity contribution in [3.05, 3.63) is 26.1 Å². The maximum Gasteiger partial charge on any atom is 0.332 e. The maximum atomic E-state index is 11.5. The molecule has 0 bridgehead atoms. The van der Waals surface area contributed by atoms with Gasteiger partial charge in [-0.05, 0) is 11.6 Å². The Bertz CT molecular complexity index is 624. The van der Waals surface area contributed by atoms with Gasteiger partial charge in [0.15, 0.2) is 11.2 Å². The van der Waals surface area contributed by atoms with Crippen molar-refractivity contribution in [2.45, 2.75) is 0 Å². The van der Waals surface area contributed by atoms with Gasteiger partial charge < -0.3 is 4.98 Å². The van der Waals surface area contributed by atoms with Gasteiger partial charge in [0.1, 0.15) is 0 Å². The predicted octanol–water partition coefficient (Wildman–Crippen LogP) is -1.57. The summed E-state index contributed by atoms with van der Waals surface area (Å²) < 4.78 is 2.26. The third-order valence-corrected chi connectivity index (χ3v) is 2.24. The third kappa shape index (κ3) is 1.73. The third-order valence-electron chi connectivity index (χ3n) is 2.07. The standard InChI is InChI=1S/C7H7ClN4O2.H4N2/c1-11-4-3(9-6(8)10-4)5(13)12(2)7(11)14;1-2/h1-2H3,(H,9,10);1-2H2. The second-order valence-corrected chi connectivity index (χ2v) is 3.29. The fourth-order valence-electron chi connectivity index (χ4n) is 1.30. The van der Waals surface area contributed by atoms with Gasteiger partial charge in [0.2, 0.25) is 5.28 Å². The topological polar surface area (TPSA) is 125 Å². The zero-order chi connectivity index (χ0) is 12.5. The van der Waals surface area contributed by atoms with E-state index in [0.717, 1.165) is 4.57 Å². The summed E-state index contributed by atoms with van der Waals surface area (Å²) in [5.74, 6) is 8.00. The Hall–Kier alpha value is -1.64. The Morgan fingerprint density at radius 1 is 1.25 bits per heavy atom. The lowest BCUT2D eigenvalue weighted by molar-refractivity contribution is 0.709. The van der Waals surface area contributed by atoms with E-state index >= 15 is 0 Å². The second-order valence-electron chi connectivity index (χ2n) is 2.93. The molecule has 0 atom stereocenters. The van der Waals surface area contributed by atoms with E-state index in [4.69, 9.17) is 11.6 Å². The van der Waals surface area contributed by atoms with Crippen LogP contribution in [-0.2, 0) is 14.1 Å². The summed E-state index contributed by atoms with van der Waals surface area (Å²) in [6.07, 6.45) is 0. The molecule has 2 aromatic rings. The number of nitrogens with two attached hydrogens (primary N) is 2. The minimum Gasteiger partial charge on any atom is -0.323 e. The van der Waals surface area contributed by atoms with Crippen LogP contribution in [0.25, 0.3) is 11.2 Å². The summed E-state index contributed by atoms with van der Waals surface area (Å²) >= 11 is 5.60. The van der Waals surface area contributed by atoms with Crippen molar-refractivity contribution in [1.82, 2.24) is 19.1 Å². The molecule has 0 fully saturated rings. The van der Waals surface area contributed by atoms with Gasteiger partial charge in [0, 0.05) is 14.1 Å². The first-order chi connectivity index (χ1) is 7.52. The average Bonchev–Trinajstić information content (AvgIpc) is 2.68. The predicted molar refractivity (Wildman–Crippen MR) is 60.0 cm³/mol. The van der Waals surface area contributed by atoms with Crippen molar-refractivity contribution < 1.29 is 0 Å². The van der Waals surface area contributed by atoms with Crippen molar-refractivity contribution in [1.29, 1.82) is 0 Å².